The van der Waals surface area contributed by atoms with E-state index < -0.39 is 0 Å². The molecular weight excluding hydrogens is 400 g/mol. The first-order valence-electron chi connectivity index (χ1n) is 9.70. The molecule has 0 fully saturated rings. The van der Waals surface area contributed by atoms with Gasteiger partial charge in [-0.15, -0.1) is 0 Å². The number of hydrogen-bond acceptors (Lipinski definition) is 3. The predicted molar refractivity (Wildman–Crippen MR) is 124 cm³/mol. The zero-order valence-electron chi connectivity index (χ0n) is 16.9. The van der Waals surface area contributed by atoms with Gasteiger partial charge in [0.1, 0.15) is 0 Å². The molecular formula is C24H25ClN2OS. The maximum Gasteiger partial charge on any atom is 0.223 e. The van der Waals surface area contributed by atoms with E-state index in [-0.39, 0.29) is 11.9 Å². The minimum Gasteiger partial charge on any atom is -0.354 e. The summed E-state index contributed by atoms with van der Waals surface area (Å²) in [6, 6.07) is 16.2. The molecule has 1 aliphatic rings. The Labute approximate surface area is 182 Å². The highest BCUT2D eigenvalue weighted by atomic mass is 35.5. The summed E-state index contributed by atoms with van der Waals surface area (Å²) in [5.74, 6) is 0.0415. The third-order valence-corrected chi connectivity index (χ3v) is 6.02. The summed E-state index contributed by atoms with van der Waals surface area (Å²) in [5.41, 5.74) is 3.88. The SMILES string of the molecule is CC1=C(C/C=C\CC(=O)NC(C)C)Sc2ccccc2C(c2ccccc2Cl)=N1. The molecule has 0 unspecified atom stereocenters. The van der Waals surface area contributed by atoms with Crippen LogP contribution in [-0.2, 0) is 4.79 Å². The average Bonchev–Trinajstić information content (AvgIpc) is 2.82. The van der Waals surface area contributed by atoms with Crippen LogP contribution < -0.4 is 5.32 Å². The summed E-state index contributed by atoms with van der Waals surface area (Å²) in [4.78, 5) is 19.1. The number of nitrogens with zero attached hydrogens (tertiary/aromatic N) is 1. The Morgan fingerprint density at radius 3 is 2.52 bits per heavy atom. The molecule has 0 bridgehead atoms. The van der Waals surface area contributed by atoms with Gasteiger partial charge < -0.3 is 5.32 Å². The monoisotopic (exact) mass is 424 g/mol. The van der Waals surface area contributed by atoms with E-state index in [2.05, 4.69) is 17.4 Å². The predicted octanol–water partition coefficient (Wildman–Crippen LogP) is 6.38. The first-order valence-corrected chi connectivity index (χ1v) is 10.9. The zero-order chi connectivity index (χ0) is 20.8. The Balaban J connectivity index is 1.87. The molecule has 2 aromatic carbocycles. The van der Waals surface area contributed by atoms with E-state index in [1.807, 2.05) is 69.3 Å². The summed E-state index contributed by atoms with van der Waals surface area (Å²) >= 11 is 8.21. The number of benzene rings is 2. The summed E-state index contributed by atoms with van der Waals surface area (Å²) in [6.45, 7) is 5.96. The topological polar surface area (TPSA) is 41.5 Å². The molecule has 150 valence electrons. The van der Waals surface area contributed by atoms with E-state index in [0.717, 1.165) is 33.9 Å². The number of carbonyl (C=O) groups excluding carboxylic acids is 1. The Hall–Kier alpha value is -2.30. The fourth-order valence-corrected chi connectivity index (χ4v) is 4.34. The molecule has 1 N–H and O–H groups in total. The third-order valence-electron chi connectivity index (χ3n) is 4.41. The molecule has 2 aromatic rings. The Morgan fingerprint density at radius 1 is 1.10 bits per heavy atom. The van der Waals surface area contributed by atoms with Crippen LogP contribution in [-0.4, -0.2) is 17.7 Å². The molecule has 5 heteroatoms. The van der Waals surface area contributed by atoms with Gasteiger partial charge in [-0.2, -0.15) is 0 Å². The highest BCUT2D eigenvalue weighted by Gasteiger charge is 2.19. The van der Waals surface area contributed by atoms with Crippen molar-refractivity contribution in [3.05, 3.63) is 87.4 Å². The van der Waals surface area contributed by atoms with Gasteiger partial charge in [0.2, 0.25) is 5.91 Å². The van der Waals surface area contributed by atoms with Crippen LogP contribution in [0, 0.1) is 0 Å². The normalized spacial score (nSPS) is 14.0. The van der Waals surface area contributed by atoms with Crippen molar-refractivity contribution in [2.24, 2.45) is 4.99 Å². The van der Waals surface area contributed by atoms with Crippen molar-refractivity contribution < 1.29 is 4.79 Å². The second kappa shape index (κ2) is 9.95. The molecule has 0 saturated carbocycles. The van der Waals surface area contributed by atoms with Crippen LogP contribution in [0.1, 0.15) is 44.7 Å². The number of halogens is 1. The van der Waals surface area contributed by atoms with Crippen molar-refractivity contribution in [2.45, 2.75) is 44.6 Å². The van der Waals surface area contributed by atoms with Crippen molar-refractivity contribution >= 4 is 35.0 Å². The van der Waals surface area contributed by atoms with Crippen LogP contribution in [0.25, 0.3) is 0 Å². The van der Waals surface area contributed by atoms with Gasteiger partial charge in [-0.1, -0.05) is 71.9 Å². The van der Waals surface area contributed by atoms with Gasteiger partial charge in [-0.3, -0.25) is 9.79 Å². The lowest BCUT2D eigenvalue weighted by atomic mass is 10.0. The van der Waals surface area contributed by atoms with Crippen LogP contribution in [0.5, 0.6) is 0 Å². The number of nitrogens with one attached hydrogen (secondary N) is 1. The standard InChI is InChI=1S/C24H25ClN2OS/c1-16(2)26-23(28)15-9-8-13-21-17(3)27-24(18-10-4-6-12-20(18)25)19-11-5-7-14-22(19)29-21/h4-12,14,16H,13,15H2,1-3H3,(H,26,28)/b9-8-. The Kier molecular flexibility index (Phi) is 7.34. The fraction of sp³-hybridized carbons (Fsp3) is 0.250. The largest absolute Gasteiger partial charge is 0.354 e. The number of rotatable bonds is 6. The highest BCUT2D eigenvalue weighted by Crippen LogP contribution is 2.39. The maximum absolute atomic E-state index is 11.8. The zero-order valence-corrected chi connectivity index (χ0v) is 18.5. The van der Waals surface area contributed by atoms with Crippen LogP contribution >= 0.6 is 23.4 Å². The molecule has 1 aliphatic heterocycles. The van der Waals surface area contributed by atoms with Gasteiger partial charge in [0.25, 0.3) is 0 Å². The van der Waals surface area contributed by atoms with Crippen LogP contribution in [0.2, 0.25) is 5.02 Å². The number of fused-ring (bicyclic) bond motifs is 1. The Bertz CT molecular complexity index is 992. The van der Waals surface area contributed by atoms with Gasteiger partial charge in [-0.05, 0) is 39.3 Å². The van der Waals surface area contributed by atoms with Gasteiger partial charge in [0.05, 0.1) is 5.71 Å². The molecule has 1 amide bonds. The first-order chi connectivity index (χ1) is 14.0. The number of carbonyl (C=O) groups is 1. The molecule has 0 aromatic heterocycles. The summed E-state index contributed by atoms with van der Waals surface area (Å²) in [7, 11) is 0. The molecule has 0 radical (unpaired) electrons. The second-order valence-corrected chi connectivity index (χ2v) is 8.69. The number of allylic oxidation sites excluding steroid dienone is 3. The van der Waals surface area contributed by atoms with Crippen molar-refractivity contribution in [2.75, 3.05) is 0 Å². The molecule has 0 spiro atoms. The molecule has 0 saturated heterocycles. The lowest BCUT2D eigenvalue weighted by molar-refractivity contribution is -0.120. The average molecular weight is 425 g/mol. The third kappa shape index (κ3) is 5.62. The van der Waals surface area contributed by atoms with E-state index in [1.54, 1.807) is 11.8 Å². The van der Waals surface area contributed by atoms with Gasteiger partial charge in [-0.25, -0.2) is 0 Å². The molecule has 3 nitrogen and oxygen atoms in total. The number of aliphatic imine (C=N–C) groups is 1. The highest BCUT2D eigenvalue weighted by molar-refractivity contribution is 8.03. The smallest absolute Gasteiger partial charge is 0.223 e. The van der Waals surface area contributed by atoms with Crippen molar-refractivity contribution in [3.63, 3.8) is 0 Å². The van der Waals surface area contributed by atoms with E-state index in [9.17, 15) is 4.79 Å². The van der Waals surface area contributed by atoms with Gasteiger partial charge in [0.15, 0.2) is 0 Å². The molecule has 29 heavy (non-hydrogen) atoms. The molecule has 3 rings (SSSR count). The number of amides is 1. The van der Waals surface area contributed by atoms with Crippen molar-refractivity contribution in [3.8, 4) is 0 Å². The van der Waals surface area contributed by atoms with E-state index >= 15 is 0 Å². The van der Waals surface area contributed by atoms with Crippen LogP contribution in [0.3, 0.4) is 0 Å². The summed E-state index contributed by atoms with van der Waals surface area (Å²) in [6.07, 6.45) is 5.09. The fourth-order valence-electron chi connectivity index (χ4n) is 3.06. The lowest BCUT2D eigenvalue weighted by Crippen LogP contribution is -2.29. The van der Waals surface area contributed by atoms with E-state index in [0.29, 0.717) is 11.4 Å². The van der Waals surface area contributed by atoms with Gasteiger partial charge >= 0.3 is 0 Å². The van der Waals surface area contributed by atoms with Crippen molar-refractivity contribution in [1.82, 2.24) is 5.32 Å². The number of hydrogen-bond donors (Lipinski definition) is 1. The molecule has 0 aliphatic carbocycles. The summed E-state index contributed by atoms with van der Waals surface area (Å²) < 4.78 is 0. The first kappa shape index (κ1) is 21.4. The quantitative estimate of drug-likeness (QED) is 0.547. The Morgan fingerprint density at radius 2 is 1.79 bits per heavy atom. The van der Waals surface area contributed by atoms with Crippen LogP contribution in [0.4, 0.5) is 0 Å². The molecule has 0 atom stereocenters. The lowest BCUT2D eigenvalue weighted by Gasteiger charge is -2.10. The molecule has 1 heterocycles. The minimum atomic E-state index is 0.0415. The number of thioether (sulfide) groups is 1. The summed E-state index contributed by atoms with van der Waals surface area (Å²) in [5, 5.41) is 3.59. The van der Waals surface area contributed by atoms with E-state index in [1.165, 1.54) is 4.91 Å². The van der Waals surface area contributed by atoms with E-state index in [4.69, 9.17) is 16.6 Å². The minimum absolute atomic E-state index is 0.0415. The van der Waals surface area contributed by atoms with Gasteiger partial charge in [0, 0.05) is 44.1 Å². The second-order valence-electron chi connectivity index (χ2n) is 7.15. The van der Waals surface area contributed by atoms with Crippen molar-refractivity contribution in [1.29, 1.82) is 0 Å². The van der Waals surface area contributed by atoms with Crippen LogP contribution in [0.15, 0.2) is 81.2 Å². The maximum atomic E-state index is 11.8.